The van der Waals surface area contributed by atoms with E-state index < -0.39 is 0 Å². The van der Waals surface area contributed by atoms with Gasteiger partial charge in [0.05, 0.1) is 11.7 Å². The van der Waals surface area contributed by atoms with Gasteiger partial charge in [0.15, 0.2) is 0 Å². The molecule has 22 heavy (non-hydrogen) atoms. The SMILES string of the molecule is BrB1c2c(oc3ccccc23)B(Br)C2c3ccccc3OC12. The van der Waals surface area contributed by atoms with Crippen LogP contribution in [0.15, 0.2) is 52.9 Å². The van der Waals surface area contributed by atoms with Crippen LogP contribution in [-0.2, 0) is 0 Å². The first-order valence-corrected chi connectivity index (χ1v) is 9.14. The summed E-state index contributed by atoms with van der Waals surface area (Å²) in [4.78, 5) is 0. The largest absolute Gasteiger partial charge is 0.497 e. The minimum absolute atomic E-state index is 0.0790. The van der Waals surface area contributed by atoms with Gasteiger partial charge in [-0.1, -0.05) is 36.4 Å². The van der Waals surface area contributed by atoms with E-state index in [0.717, 1.165) is 17.0 Å². The van der Waals surface area contributed by atoms with Gasteiger partial charge in [0.1, 0.15) is 11.3 Å². The zero-order valence-corrected chi connectivity index (χ0v) is 14.7. The molecule has 2 aliphatic heterocycles. The summed E-state index contributed by atoms with van der Waals surface area (Å²) >= 11 is 7.75. The smallest absolute Gasteiger partial charge is 0.309 e. The van der Waals surface area contributed by atoms with Crippen LogP contribution in [0, 0.1) is 0 Å². The molecule has 0 radical (unpaired) electrons. The zero-order valence-electron chi connectivity index (χ0n) is 11.5. The number of furan rings is 1. The second kappa shape index (κ2) is 4.68. The van der Waals surface area contributed by atoms with E-state index >= 15 is 0 Å². The molecule has 5 rings (SSSR count). The maximum absolute atomic E-state index is 6.25. The number of benzene rings is 2. The maximum atomic E-state index is 6.25. The third kappa shape index (κ3) is 1.63. The first-order chi connectivity index (χ1) is 10.8. The van der Waals surface area contributed by atoms with Gasteiger partial charge in [-0.25, -0.2) is 0 Å². The van der Waals surface area contributed by atoms with Crippen molar-refractivity contribution in [2.75, 3.05) is 0 Å². The van der Waals surface area contributed by atoms with Gasteiger partial charge in [-0.2, -0.15) is 0 Å². The molecule has 3 heterocycles. The highest BCUT2D eigenvalue weighted by Crippen LogP contribution is 2.44. The van der Waals surface area contributed by atoms with Gasteiger partial charge in [-0.3, -0.25) is 0 Å². The highest BCUT2D eigenvalue weighted by molar-refractivity contribution is 9.25. The van der Waals surface area contributed by atoms with Crippen molar-refractivity contribution in [3.8, 4) is 5.75 Å². The van der Waals surface area contributed by atoms with Gasteiger partial charge >= 0.3 is 11.1 Å². The topological polar surface area (TPSA) is 22.4 Å². The molecule has 0 N–H and O–H groups in total. The standard InChI is InChI=1S/C16H10B2Br2O2/c19-17-13-9-5-1-3-7-11(9)21-15(13)18(20)14-10-6-2-4-8-12(10)22-16(14)17/h1-8,13,15H. The minimum atomic E-state index is 0.0790. The first-order valence-electron chi connectivity index (χ1n) is 7.31. The first kappa shape index (κ1) is 13.3. The molecule has 3 aromatic rings. The molecule has 2 nitrogen and oxygen atoms in total. The fraction of sp³-hybridized carbons (Fsp3) is 0.125. The van der Waals surface area contributed by atoms with Crippen LogP contribution < -0.4 is 15.9 Å². The Labute approximate surface area is 145 Å². The molecular formula is C16H10B2Br2O2. The van der Waals surface area contributed by atoms with Crippen LogP contribution in [0.4, 0.5) is 0 Å². The van der Waals surface area contributed by atoms with Crippen molar-refractivity contribution in [3.05, 3.63) is 54.1 Å². The van der Waals surface area contributed by atoms with Crippen molar-refractivity contribution in [2.45, 2.75) is 11.8 Å². The summed E-state index contributed by atoms with van der Waals surface area (Å²) in [5.74, 6) is 1.24. The van der Waals surface area contributed by atoms with E-state index in [2.05, 4.69) is 55.8 Å². The van der Waals surface area contributed by atoms with E-state index in [4.69, 9.17) is 9.15 Å². The Bertz CT molecular complexity index is 895. The molecule has 2 aromatic carbocycles. The van der Waals surface area contributed by atoms with Crippen molar-refractivity contribution >= 4 is 64.7 Å². The number of hydrogen-bond acceptors (Lipinski definition) is 2. The van der Waals surface area contributed by atoms with Crippen LogP contribution in [0.2, 0.25) is 0 Å². The number of rotatable bonds is 0. The van der Waals surface area contributed by atoms with E-state index in [1.165, 1.54) is 16.4 Å². The quantitative estimate of drug-likeness (QED) is 0.526. The second-order valence-corrected chi connectivity index (χ2v) is 7.80. The van der Waals surface area contributed by atoms with Gasteiger partial charge in [-0.15, -0.1) is 31.5 Å². The zero-order chi connectivity index (χ0) is 14.8. The average molecular weight is 416 g/mol. The molecule has 0 bridgehead atoms. The Hall–Kier alpha value is -1.13. The van der Waals surface area contributed by atoms with Gasteiger partial charge in [-0.05, 0) is 23.2 Å². The van der Waals surface area contributed by atoms with Gasteiger partial charge in [0, 0.05) is 11.2 Å². The van der Waals surface area contributed by atoms with E-state index in [-0.39, 0.29) is 22.9 Å². The predicted molar refractivity (Wildman–Crippen MR) is 98.4 cm³/mol. The summed E-state index contributed by atoms with van der Waals surface area (Å²) in [7, 11) is 0. The number of fused-ring (bicyclic) bond motifs is 6. The molecule has 2 atom stereocenters. The summed E-state index contributed by atoms with van der Waals surface area (Å²) in [6.45, 7) is 0. The number of para-hydroxylation sites is 2. The fourth-order valence-electron chi connectivity index (χ4n) is 3.73. The molecule has 0 spiro atoms. The fourth-order valence-corrected chi connectivity index (χ4v) is 5.56. The number of hydrogen-bond donors (Lipinski definition) is 0. The van der Waals surface area contributed by atoms with Crippen molar-refractivity contribution in [2.24, 2.45) is 0 Å². The molecule has 0 aliphatic carbocycles. The Morgan fingerprint density at radius 3 is 2.59 bits per heavy atom. The molecule has 2 unspecified atom stereocenters. The molecule has 0 saturated heterocycles. The van der Waals surface area contributed by atoms with E-state index in [1.54, 1.807) is 0 Å². The van der Waals surface area contributed by atoms with Crippen LogP contribution in [0.5, 0.6) is 5.75 Å². The van der Waals surface area contributed by atoms with Crippen molar-refractivity contribution in [1.82, 2.24) is 0 Å². The lowest BCUT2D eigenvalue weighted by Gasteiger charge is -2.29. The van der Waals surface area contributed by atoms with Crippen LogP contribution in [-0.4, -0.2) is 17.1 Å². The Morgan fingerprint density at radius 2 is 1.68 bits per heavy atom. The molecule has 0 fully saturated rings. The highest BCUT2D eigenvalue weighted by Gasteiger charge is 2.54. The molecular weight excluding hydrogens is 406 g/mol. The molecule has 0 amide bonds. The predicted octanol–water partition coefficient (Wildman–Crippen LogP) is 3.26. The van der Waals surface area contributed by atoms with E-state index in [9.17, 15) is 0 Å². The van der Waals surface area contributed by atoms with Gasteiger partial charge < -0.3 is 9.15 Å². The van der Waals surface area contributed by atoms with Crippen LogP contribution >= 0.6 is 31.5 Å². The maximum Gasteiger partial charge on any atom is 0.309 e. The van der Waals surface area contributed by atoms with E-state index in [0.29, 0.717) is 0 Å². The Morgan fingerprint density at radius 1 is 0.909 bits per heavy atom. The molecule has 106 valence electrons. The number of halogens is 2. The minimum Gasteiger partial charge on any atom is -0.497 e. The molecule has 0 saturated carbocycles. The second-order valence-electron chi connectivity index (χ2n) is 5.83. The number of ether oxygens (including phenoxy) is 1. The third-order valence-electron chi connectivity index (χ3n) is 4.69. The van der Waals surface area contributed by atoms with Crippen molar-refractivity contribution < 1.29 is 9.15 Å². The lowest BCUT2D eigenvalue weighted by Crippen LogP contribution is -2.59. The van der Waals surface area contributed by atoms with Crippen LogP contribution in [0.3, 0.4) is 0 Å². The Balaban J connectivity index is 1.75. The van der Waals surface area contributed by atoms with Crippen LogP contribution in [0.1, 0.15) is 11.4 Å². The summed E-state index contributed by atoms with van der Waals surface area (Å²) in [5, 5.41) is 1.17. The third-order valence-corrected chi connectivity index (χ3v) is 6.65. The van der Waals surface area contributed by atoms with Gasteiger partial charge in [0.25, 0.3) is 0 Å². The lowest BCUT2D eigenvalue weighted by atomic mass is 9.40. The summed E-state index contributed by atoms with van der Waals surface area (Å²) in [5.41, 5.74) is 4.67. The van der Waals surface area contributed by atoms with Crippen molar-refractivity contribution in [3.63, 3.8) is 0 Å². The van der Waals surface area contributed by atoms with Crippen LogP contribution in [0.25, 0.3) is 11.0 Å². The van der Waals surface area contributed by atoms with Crippen molar-refractivity contribution in [1.29, 1.82) is 0 Å². The summed E-state index contributed by atoms with van der Waals surface area (Å²) < 4.78 is 12.4. The highest BCUT2D eigenvalue weighted by atomic mass is 79.9. The average Bonchev–Trinajstić information content (AvgIpc) is 3.12. The summed E-state index contributed by atoms with van der Waals surface area (Å²) in [6, 6.07) is 16.6. The van der Waals surface area contributed by atoms with E-state index in [1.807, 2.05) is 24.3 Å². The molecule has 1 aromatic heterocycles. The normalized spacial score (nSPS) is 22.3. The molecule has 2 aliphatic rings. The Kier molecular flexibility index (Phi) is 2.84. The molecule has 6 heteroatoms. The van der Waals surface area contributed by atoms with Gasteiger partial charge in [0.2, 0.25) is 0 Å². The summed E-state index contributed by atoms with van der Waals surface area (Å²) in [6.07, 6.45) is 0. The monoisotopic (exact) mass is 414 g/mol. The lowest BCUT2D eigenvalue weighted by molar-refractivity contribution is 0.306.